The molecule has 4 rings (SSSR count). The van der Waals surface area contributed by atoms with Crippen LogP contribution in [0.1, 0.15) is 40.9 Å². The lowest BCUT2D eigenvalue weighted by Crippen LogP contribution is -2.32. The van der Waals surface area contributed by atoms with Gasteiger partial charge in [-0.2, -0.15) is 0 Å². The first-order valence-electron chi connectivity index (χ1n) is 8.57. The second-order valence-corrected chi connectivity index (χ2v) is 7.77. The molecule has 25 heavy (non-hydrogen) atoms. The summed E-state index contributed by atoms with van der Waals surface area (Å²) in [6.45, 7) is 0.276. The van der Waals surface area contributed by atoms with Crippen LogP contribution in [0.4, 0.5) is 9.39 Å². The quantitative estimate of drug-likeness (QED) is 0.847. The third kappa shape index (κ3) is 3.74. The first-order chi connectivity index (χ1) is 12.1. The summed E-state index contributed by atoms with van der Waals surface area (Å²) in [5.74, 6) is -0.219. The van der Waals surface area contributed by atoms with Crippen molar-refractivity contribution in [1.82, 2.24) is 4.90 Å². The Bertz CT molecular complexity index is 811. The van der Waals surface area contributed by atoms with Crippen LogP contribution in [0, 0.1) is 11.7 Å². The highest BCUT2D eigenvalue weighted by Gasteiger charge is 2.34. The van der Waals surface area contributed by atoms with Gasteiger partial charge in [0.2, 0.25) is 5.91 Å². The number of thiophene rings is 1. The smallest absolute Gasteiger partial charge is 0.264 e. The fourth-order valence-electron chi connectivity index (χ4n) is 2.79. The summed E-state index contributed by atoms with van der Waals surface area (Å²) in [6.07, 6.45) is 3.80. The number of hydrogen-bond acceptors (Lipinski definition) is 3. The lowest BCUT2D eigenvalue weighted by Gasteiger charge is -2.22. The number of anilines is 1. The van der Waals surface area contributed by atoms with Crippen LogP contribution in [0.5, 0.6) is 0 Å². The second-order valence-electron chi connectivity index (χ2n) is 6.68. The van der Waals surface area contributed by atoms with Gasteiger partial charge in [0.1, 0.15) is 5.82 Å². The summed E-state index contributed by atoms with van der Waals surface area (Å²) < 4.78 is 13.9. The topological polar surface area (TPSA) is 49.4 Å². The zero-order chi connectivity index (χ0) is 17.4. The molecule has 2 saturated carbocycles. The van der Waals surface area contributed by atoms with Crippen molar-refractivity contribution in [3.63, 3.8) is 0 Å². The molecule has 0 aliphatic heterocycles. The Balaban J connectivity index is 1.48. The van der Waals surface area contributed by atoms with E-state index in [1.54, 1.807) is 35.2 Å². The molecule has 0 saturated heterocycles. The Hall–Kier alpha value is -2.21. The van der Waals surface area contributed by atoms with Crippen molar-refractivity contribution < 1.29 is 14.0 Å². The average Bonchev–Trinajstić information content (AvgIpc) is 3.51. The first kappa shape index (κ1) is 16.3. The minimum absolute atomic E-state index is 0.0336. The van der Waals surface area contributed by atoms with Gasteiger partial charge in [0.05, 0.1) is 9.88 Å². The van der Waals surface area contributed by atoms with Crippen LogP contribution >= 0.6 is 11.3 Å². The van der Waals surface area contributed by atoms with Crippen molar-refractivity contribution in [2.24, 2.45) is 5.92 Å². The van der Waals surface area contributed by atoms with Crippen LogP contribution in [0.3, 0.4) is 0 Å². The van der Waals surface area contributed by atoms with Crippen LogP contribution in [-0.4, -0.2) is 22.8 Å². The molecule has 4 nitrogen and oxygen atoms in total. The van der Waals surface area contributed by atoms with Gasteiger partial charge >= 0.3 is 0 Å². The summed E-state index contributed by atoms with van der Waals surface area (Å²) in [5, 5.41) is 3.57. The van der Waals surface area contributed by atoms with Gasteiger partial charge in [-0.25, -0.2) is 4.39 Å². The van der Waals surface area contributed by atoms with E-state index in [4.69, 9.17) is 0 Å². The lowest BCUT2D eigenvalue weighted by molar-refractivity contribution is -0.117. The number of benzene rings is 1. The summed E-state index contributed by atoms with van der Waals surface area (Å²) >= 11 is 1.29. The number of hydrogen-bond donors (Lipinski definition) is 1. The van der Waals surface area contributed by atoms with Crippen LogP contribution in [-0.2, 0) is 11.3 Å². The summed E-state index contributed by atoms with van der Waals surface area (Å²) in [5.41, 5.74) is 0.529. The van der Waals surface area contributed by atoms with E-state index >= 15 is 0 Å². The minimum atomic E-state index is -0.287. The normalized spacial score (nSPS) is 16.5. The average molecular weight is 358 g/mol. The molecule has 0 radical (unpaired) electrons. The van der Waals surface area contributed by atoms with E-state index in [-0.39, 0.29) is 36.1 Å². The molecular formula is C19H19FN2O2S. The zero-order valence-electron chi connectivity index (χ0n) is 13.7. The number of rotatable bonds is 6. The number of halogens is 1. The maximum Gasteiger partial charge on any atom is 0.264 e. The van der Waals surface area contributed by atoms with E-state index in [0.29, 0.717) is 15.4 Å². The van der Waals surface area contributed by atoms with Gasteiger partial charge in [0, 0.05) is 24.1 Å². The Morgan fingerprint density at radius 2 is 1.88 bits per heavy atom. The van der Waals surface area contributed by atoms with Gasteiger partial charge in [0.15, 0.2) is 0 Å². The maximum atomic E-state index is 13.9. The second kappa shape index (κ2) is 6.59. The molecule has 1 aromatic heterocycles. The van der Waals surface area contributed by atoms with Crippen LogP contribution < -0.4 is 5.32 Å². The van der Waals surface area contributed by atoms with Gasteiger partial charge in [-0.3, -0.25) is 9.59 Å². The Labute approximate surface area is 149 Å². The van der Waals surface area contributed by atoms with Crippen molar-refractivity contribution >= 4 is 28.2 Å². The van der Waals surface area contributed by atoms with Crippen molar-refractivity contribution in [3.05, 3.63) is 52.7 Å². The van der Waals surface area contributed by atoms with Gasteiger partial charge < -0.3 is 10.2 Å². The standard InChI is InChI=1S/C19H19FN2O2S/c20-15-4-2-1-3-13(15)11-22(14-7-8-14)19(24)16-9-10-17(25-16)21-18(23)12-5-6-12/h1-4,9-10,12,14H,5-8,11H2,(H,21,23). The highest BCUT2D eigenvalue weighted by Crippen LogP contribution is 2.34. The van der Waals surface area contributed by atoms with E-state index in [9.17, 15) is 14.0 Å². The minimum Gasteiger partial charge on any atom is -0.331 e. The van der Waals surface area contributed by atoms with Crippen molar-refractivity contribution in [2.45, 2.75) is 38.3 Å². The largest absolute Gasteiger partial charge is 0.331 e. The first-order valence-corrected chi connectivity index (χ1v) is 9.38. The fraction of sp³-hybridized carbons (Fsp3) is 0.368. The molecule has 6 heteroatoms. The predicted octanol–water partition coefficient (Wildman–Crippen LogP) is 4.04. The van der Waals surface area contributed by atoms with E-state index in [0.717, 1.165) is 25.7 Å². The van der Waals surface area contributed by atoms with Gasteiger partial charge in [-0.1, -0.05) is 18.2 Å². The van der Waals surface area contributed by atoms with E-state index in [2.05, 4.69) is 5.32 Å². The molecule has 2 aromatic rings. The Morgan fingerprint density at radius 1 is 1.12 bits per heavy atom. The van der Waals surface area contributed by atoms with Crippen LogP contribution in [0.25, 0.3) is 0 Å². The van der Waals surface area contributed by atoms with Gasteiger partial charge in [0.25, 0.3) is 5.91 Å². The van der Waals surface area contributed by atoms with E-state index in [1.807, 2.05) is 0 Å². The highest BCUT2D eigenvalue weighted by molar-refractivity contribution is 7.18. The van der Waals surface area contributed by atoms with Crippen LogP contribution in [0.15, 0.2) is 36.4 Å². The molecule has 2 amide bonds. The molecule has 2 aliphatic carbocycles. The monoisotopic (exact) mass is 358 g/mol. The molecule has 0 atom stereocenters. The number of amides is 2. The molecule has 1 N–H and O–H groups in total. The zero-order valence-corrected chi connectivity index (χ0v) is 14.5. The summed E-state index contributed by atoms with van der Waals surface area (Å²) in [4.78, 5) is 27.1. The number of nitrogens with one attached hydrogen (secondary N) is 1. The number of nitrogens with zero attached hydrogens (tertiary/aromatic N) is 1. The molecule has 2 aliphatic rings. The molecule has 0 spiro atoms. The van der Waals surface area contributed by atoms with E-state index < -0.39 is 0 Å². The SMILES string of the molecule is O=C(Nc1ccc(C(=O)N(Cc2ccccc2F)C2CC2)s1)C1CC1. The van der Waals surface area contributed by atoms with Crippen molar-refractivity contribution in [2.75, 3.05) is 5.32 Å². The summed E-state index contributed by atoms with van der Waals surface area (Å²) in [6, 6.07) is 10.3. The molecule has 130 valence electrons. The summed E-state index contributed by atoms with van der Waals surface area (Å²) in [7, 11) is 0. The molecule has 0 unspecified atom stereocenters. The third-order valence-electron chi connectivity index (χ3n) is 4.56. The molecule has 0 bridgehead atoms. The highest BCUT2D eigenvalue weighted by atomic mass is 32.1. The number of carbonyl (C=O) groups excluding carboxylic acids is 2. The maximum absolute atomic E-state index is 13.9. The Morgan fingerprint density at radius 3 is 2.56 bits per heavy atom. The lowest BCUT2D eigenvalue weighted by atomic mass is 10.2. The van der Waals surface area contributed by atoms with Gasteiger partial charge in [-0.05, 0) is 43.9 Å². The molecular weight excluding hydrogens is 339 g/mol. The fourth-order valence-corrected chi connectivity index (χ4v) is 3.66. The van der Waals surface area contributed by atoms with Crippen LogP contribution in [0.2, 0.25) is 0 Å². The van der Waals surface area contributed by atoms with Crippen molar-refractivity contribution in [1.29, 1.82) is 0 Å². The Kier molecular flexibility index (Phi) is 4.29. The molecule has 2 fully saturated rings. The number of carbonyl (C=O) groups is 2. The third-order valence-corrected chi connectivity index (χ3v) is 5.55. The molecule has 1 aromatic carbocycles. The van der Waals surface area contributed by atoms with E-state index in [1.165, 1.54) is 17.4 Å². The van der Waals surface area contributed by atoms with Gasteiger partial charge in [-0.15, -0.1) is 11.3 Å². The molecule has 1 heterocycles. The predicted molar refractivity (Wildman–Crippen MR) is 95.0 cm³/mol. The van der Waals surface area contributed by atoms with Crippen molar-refractivity contribution in [3.8, 4) is 0 Å².